The summed E-state index contributed by atoms with van der Waals surface area (Å²) < 4.78 is 15.8. The van der Waals surface area contributed by atoms with Crippen LogP contribution in [0.15, 0.2) is 216 Å². The van der Waals surface area contributed by atoms with Crippen LogP contribution in [0.3, 0.4) is 0 Å². The van der Waals surface area contributed by atoms with E-state index in [9.17, 15) is 49.2 Å². The Morgan fingerprint density at radius 1 is 0.403 bits per heavy atom. The van der Waals surface area contributed by atoms with Crippen molar-refractivity contribution in [3.8, 4) is 69.9 Å². The number of hydrogen-bond acceptors (Lipinski definition) is 27. The number of likely N-dealkylation sites (tertiary alicyclic amines) is 4. The van der Waals surface area contributed by atoms with E-state index >= 15 is 0 Å². The Morgan fingerprint density at radius 2 is 0.772 bits per heavy atom. The van der Waals surface area contributed by atoms with Crippen molar-refractivity contribution in [3.05, 3.63) is 268 Å². The fraction of sp³-hybridized carbons (Fsp3) is 0.448. The fourth-order valence-corrected chi connectivity index (χ4v) is 24.2. The van der Waals surface area contributed by atoms with E-state index in [2.05, 4.69) is 186 Å². The SMILES string of the molecule is COc1cnn([C@H](C(=O)N2C[C@H](O)C[C@H]2C(=O)C[C@@H](C)c2ccc(-c3scnc3C)cc2)C(C)C)c1.Cc1cc([C@H](CN2C[C@H](O)C[C@H]2CC[C@@H](C)c2ccc(-c3scnc3C)cc2)C(C)C)on1.Cc1ncsc1-c1ccc([C@H](C)CC(=O)[C@@H]2C[C@@H](O)CN2C(=O)[C@H](C(C)C)n2cc(-c3ccccn3)cn2)cc1.Cc1ncsc1-c1ccc([C@H](C)CC(=O)[C@@H]2C[C@@H](O)CN2C(=O)[C@H](C(C)C)n2cc(-c3ccncc3)cn2)cc1. The van der Waals surface area contributed by atoms with E-state index < -0.39 is 54.6 Å². The fourth-order valence-electron chi connectivity index (χ4n) is 21.0. The molecule has 4 N–H and O–H groups in total. The topological polar surface area (TPSA) is 362 Å². The first kappa shape index (κ1) is 111. The summed E-state index contributed by atoms with van der Waals surface area (Å²) >= 11 is 6.54. The first-order valence-electron chi connectivity index (χ1n) is 51.8. The lowest BCUT2D eigenvalue weighted by atomic mass is 9.90. The third-order valence-electron chi connectivity index (χ3n) is 29.5. The summed E-state index contributed by atoms with van der Waals surface area (Å²) in [7, 11) is 1.55. The number of aliphatic hydroxyl groups is 4. The lowest BCUT2D eigenvalue weighted by Gasteiger charge is -2.30. The summed E-state index contributed by atoms with van der Waals surface area (Å²) in [6.07, 6.45) is 17.8. The molecule has 4 fully saturated rings. The van der Waals surface area contributed by atoms with Gasteiger partial charge in [0.2, 0.25) is 17.7 Å². The minimum absolute atomic E-state index is 0.0138. The van der Waals surface area contributed by atoms with Gasteiger partial charge in [-0.15, -0.1) is 45.3 Å². The molecule has 149 heavy (non-hydrogen) atoms. The predicted octanol–water partition coefficient (Wildman–Crippen LogP) is 21.0. The monoisotopic (exact) mass is 2090 g/mol. The second-order valence-electron chi connectivity index (χ2n) is 42.0. The Labute approximate surface area is 889 Å². The van der Waals surface area contributed by atoms with Gasteiger partial charge in [-0.1, -0.05) is 191 Å². The van der Waals surface area contributed by atoms with Gasteiger partial charge in [-0.05, 0) is 176 Å². The Morgan fingerprint density at radius 3 is 1.11 bits per heavy atom. The van der Waals surface area contributed by atoms with Gasteiger partial charge in [-0.3, -0.25) is 57.7 Å². The van der Waals surface area contributed by atoms with Crippen LogP contribution in [0.2, 0.25) is 0 Å². The highest BCUT2D eigenvalue weighted by Gasteiger charge is 2.47. The number of hydrogen-bond donors (Lipinski definition) is 4. The number of ketones is 3. The average Bonchev–Trinajstić information content (AvgIpc) is 1.65. The van der Waals surface area contributed by atoms with Crippen LogP contribution in [0.5, 0.6) is 5.75 Å². The van der Waals surface area contributed by atoms with Crippen LogP contribution >= 0.6 is 45.3 Å². The Hall–Kier alpha value is -12.4. The molecule has 14 heterocycles. The Bertz CT molecular complexity index is 6530. The number of pyridine rings is 2. The van der Waals surface area contributed by atoms with Crippen molar-refractivity contribution < 1.29 is 58.5 Å². The number of aliphatic hydroxyl groups excluding tert-OH is 4. The standard InChI is InChI=1S/2C31H35N5O3S.C27H34N4O4S.C27H37N3O2S/c1-19(2)29(36-16-25(15-34-36)23-9-11-32-12-10-23)31(39)35-17-26(37)14-27(35)28(38)13-20(3)22-5-7-24(8-6-22)30-21(4)33-18-40-30;1-19(2)29(36-16-24(15-34-36)26-7-5-6-12-32-26)31(39)35-17-25(37)14-27(35)28(38)13-20(3)22-8-10-23(11-9-22)30-21(4)33-18-40-30;1-16(2)25(31-14-22(35-5)12-29-31)27(34)30-13-21(32)11-23(30)24(33)10-17(3)19-6-8-20(9-7-19)26-18(4)28-15-36-26;1-17(2)25(26-12-19(4)29-32-26)15-30-14-24(31)13-23(30)11-6-18(3)21-7-9-22(10-8-21)27-20(5)28-16-33-27/h5-12,15-16,18-20,26-27,29,37H,13-14,17H2,1-4H3;5-12,15-16,18-20,25,27,29,37H,13-14,17H2,1-4H3;6-9,12,14-17,21,23,25,32H,10-11,13H2,1-5H3;7-10,12,16-18,23-25,31H,6,11,13-15H2,1-5H3/t20-,26-,27+,29+;20-,25-,27+,29+;17-,21-,23+,25+;18-,23-,24-,25-/m1111/s1. The van der Waals surface area contributed by atoms with Crippen LogP contribution in [0.4, 0.5) is 0 Å². The van der Waals surface area contributed by atoms with E-state index in [0.717, 1.165) is 137 Å². The van der Waals surface area contributed by atoms with Crippen molar-refractivity contribution >= 4 is 80.4 Å². The number of methoxy groups -OCH3 is 1. The molecule has 4 aromatic carbocycles. The van der Waals surface area contributed by atoms with Gasteiger partial charge in [-0.25, -0.2) is 19.9 Å². The van der Waals surface area contributed by atoms with Gasteiger partial charge in [0.25, 0.3) is 0 Å². The average molecular weight is 2090 g/mol. The van der Waals surface area contributed by atoms with Crippen molar-refractivity contribution in [2.75, 3.05) is 39.8 Å². The molecule has 29 nitrogen and oxygen atoms in total. The molecule has 4 saturated heterocycles. The zero-order chi connectivity index (χ0) is 106. The number of thiazole rings is 4. The van der Waals surface area contributed by atoms with E-state index in [1.54, 1.807) is 125 Å². The number of carbonyl (C=O) groups excluding carboxylic acids is 6. The lowest BCUT2D eigenvalue weighted by Crippen LogP contribution is -2.45. The maximum Gasteiger partial charge on any atom is 0.248 e. The molecular formula is C116H141N17O12S4. The highest BCUT2D eigenvalue weighted by molar-refractivity contribution is 7.14. The number of nitrogens with zero attached hydrogens (tertiary/aromatic N) is 17. The first-order valence-corrected chi connectivity index (χ1v) is 55.4. The molecule has 786 valence electrons. The number of aryl methyl sites for hydroxylation is 5. The number of rotatable bonds is 36. The van der Waals surface area contributed by atoms with Gasteiger partial charge >= 0.3 is 0 Å². The predicted molar refractivity (Wildman–Crippen MR) is 585 cm³/mol. The molecule has 0 spiro atoms. The summed E-state index contributed by atoms with van der Waals surface area (Å²) in [6.45, 7) is 36.8. The zero-order valence-corrected chi connectivity index (χ0v) is 91.7. The normalized spacial score (nSPS) is 19.4. The number of β-amino-alcohol motifs (C(OH)–C–C–N with tert-alkyl or cyclic N) is 4. The molecule has 0 unspecified atom stereocenters. The highest BCUT2D eigenvalue weighted by Crippen LogP contribution is 2.42. The van der Waals surface area contributed by atoms with Gasteiger partial charge in [0.1, 0.15) is 23.9 Å². The van der Waals surface area contributed by atoms with Crippen molar-refractivity contribution in [2.24, 2.45) is 23.7 Å². The molecular weight excluding hydrogens is 1950 g/mol. The molecule has 0 saturated carbocycles. The second-order valence-corrected chi connectivity index (χ2v) is 45.4. The number of ether oxygens (including phenoxy) is 1. The lowest BCUT2D eigenvalue weighted by molar-refractivity contribution is -0.142. The summed E-state index contributed by atoms with van der Waals surface area (Å²) in [4.78, 5) is 120. The van der Waals surface area contributed by atoms with Gasteiger partial charge < -0.3 is 44.4 Å². The molecule has 0 radical (unpaired) electrons. The van der Waals surface area contributed by atoms with E-state index in [4.69, 9.17) is 9.26 Å². The van der Waals surface area contributed by atoms with Crippen molar-refractivity contribution in [3.63, 3.8) is 0 Å². The van der Waals surface area contributed by atoms with Gasteiger partial charge in [0, 0.05) is 131 Å². The number of benzene rings is 4. The zero-order valence-electron chi connectivity index (χ0n) is 88.4. The van der Waals surface area contributed by atoms with E-state index in [1.165, 1.54) is 16.0 Å². The van der Waals surface area contributed by atoms with Crippen LogP contribution in [-0.4, -0.2) is 228 Å². The maximum atomic E-state index is 13.9. The third-order valence-corrected chi connectivity index (χ3v) is 33.4. The number of Topliss-reactive ketones (excluding diaryl/α,β-unsaturated/α-hetero) is 3. The summed E-state index contributed by atoms with van der Waals surface area (Å²) in [5, 5.41) is 59.3. The molecule has 10 aromatic heterocycles. The van der Waals surface area contributed by atoms with Crippen LogP contribution < -0.4 is 4.74 Å². The van der Waals surface area contributed by atoms with Crippen molar-refractivity contribution in [2.45, 2.75) is 272 Å². The summed E-state index contributed by atoms with van der Waals surface area (Å²) in [5.74, 6) is 1.83. The minimum Gasteiger partial charge on any atom is -0.493 e. The maximum absolute atomic E-state index is 13.9. The van der Waals surface area contributed by atoms with Gasteiger partial charge in [0.05, 0.1) is 150 Å². The number of amides is 3. The molecule has 0 aliphatic carbocycles. The van der Waals surface area contributed by atoms with Crippen LogP contribution in [0, 0.1) is 58.3 Å². The quantitative estimate of drug-likeness (QED) is 0.0283. The Kier molecular flexibility index (Phi) is 37.5. The van der Waals surface area contributed by atoms with E-state index in [1.807, 2.05) is 155 Å². The van der Waals surface area contributed by atoms with E-state index in [-0.39, 0.29) is 122 Å². The summed E-state index contributed by atoms with van der Waals surface area (Å²) in [6, 6.07) is 42.0. The number of aromatic nitrogens is 13. The van der Waals surface area contributed by atoms with Crippen molar-refractivity contribution in [1.82, 2.24) is 84.0 Å². The van der Waals surface area contributed by atoms with Crippen LogP contribution in [0.1, 0.15) is 245 Å². The first-order chi connectivity index (χ1) is 71.4. The molecule has 14 aromatic rings. The third kappa shape index (κ3) is 27.1. The van der Waals surface area contributed by atoms with Crippen molar-refractivity contribution in [1.29, 1.82) is 0 Å². The molecule has 33 heteroatoms. The summed E-state index contributed by atoms with van der Waals surface area (Å²) in [5.41, 5.74) is 25.1. The molecule has 4 aliphatic rings. The molecule has 4 aliphatic heterocycles. The van der Waals surface area contributed by atoms with Crippen LogP contribution in [-0.2, 0) is 28.8 Å². The molecule has 16 atom stereocenters. The molecule has 3 amide bonds. The number of carbonyl (C=O) groups is 6. The minimum atomic E-state index is -0.732. The van der Waals surface area contributed by atoms with Gasteiger partial charge in [-0.2, -0.15) is 15.3 Å². The van der Waals surface area contributed by atoms with Crippen LogP contribution in [0.25, 0.3) is 64.1 Å². The van der Waals surface area contributed by atoms with E-state index in [0.29, 0.717) is 42.4 Å². The molecule has 0 bridgehead atoms. The Balaban J connectivity index is 0.000000149. The smallest absolute Gasteiger partial charge is 0.248 e. The second kappa shape index (κ2) is 50.5. The highest BCUT2D eigenvalue weighted by atomic mass is 32.1. The molecule has 18 rings (SSSR count). The largest absolute Gasteiger partial charge is 0.493 e. The van der Waals surface area contributed by atoms with Gasteiger partial charge in [0.15, 0.2) is 23.1 Å².